The fourth-order valence-corrected chi connectivity index (χ4v) is 3.39. The van der Waals surface area contributed by atoms with Gasteiger partial charge in [-0.2, -0.15) is 0 Å². The second kappa shape index (κ2) is 10.9. The molecule has 3 rings (SSSR count). The molecule has 6 heteroatoms. The number of halogens is 1. The summed E-state index contributed by atoms with van der Waals surface area (Å²) < 4.78 is 24.5. The van der Waals surface area contributed by atoms with Crippen LogP contribution >= 0.6 is 0 Å². The highest BCUT2D eigenvalue weighted by Crippen LogP contribution is 2.14. The number of guanidine groups is 1. The first-order valence-corrected chi connectivity index (χ1v) is 10.1. The van der Waals surface area contributed by atoms with E-state index in [1.54, 1.807) is 19.2 Å². The summed E-state index contributed by atoms with van der Waals surface area (Å²) in [5, 5.41) is 3.39. The molecular weight excluding hydrogens is 369 g/mol. The van der Waals surface area contributed by atoms with E-state index in [1.165, 1.54) is 23.3 Å². The Hall–Kier alpha value is -2.44. The van der Waals surface area contributed by atoms with Crippen molar-refractivity contribution in [3.05, 3.63) is 71.0 Å². The van der Waals surface area contributed by atoms with E-state index in [0.29, 0.717) is 25.8 Å². The first-order valence-electron chi connectivity index (χ1n) is 10.1. The lowest BCUT2D eigenvalue weighted by Gasteiger charge is -2.23. The third-order valence-corrected chi connectivity index (χ3v) is 5.00. The molecule has 0 amide bonds. The standard InChI is InChI=1S/C23H30FN3O2/c1-25-23(27(2)16-18-6-8-21(24)9-7-18)26-15-19-4-3-5-20(14-19)17-29-22-10-12-28-13-11-22/h3-9,14,22H,10-13,15-17H2,1-2H3,(H,25,26). The van der Waals surface area contributed by atoms with E-state index in [1.807, 2.05) is 11.9 Å². The first-order chi connectivity index (χ1) is 14.1. The van der Waals surface area contributed by atoms with Gasteiger partial charge in [0.2, 0.25) is 0 Å². The molecule has 2 aromatic carbocycles. The Labute approximate surface area is 172 Å². The van der Waals surface area contributed by atoms with Crippen molar-refractivity contribution < 1.29 is 13.9 Å². The van der Waals surface area contributed by atoms with Gasteiger partial charge in [-0.3, -0.25) is 4.99 Å². The molecule has 0 atom stereocenters. The summed E-state index contributed by atoms with van der Waals surface area (Å²) in [4.78, 5) is 6.38. The second-order valence-corrected chi connectivity index (χ2v) is 7.33. The van der Waals surface area contributed by atoms with Gasteiger partial charge in [0.05, 0.1) is 12.7 Å². The van der Waals surface area contributed by atoms with E-state index in [4.69, 9.17) is 9.47 Å². The molecular formula is C23H30FN3O2. The number of rotatable bonds is 7. The smallest absolute Gasteiger partial charge is 0.193 e. The third-order valence-electron chi connectivity index (χ3n) is 5.00. The highest BCUT2D eigenvalue weighted by molar-refractivity contribution is 5.79. The Morgan fingerprint density at radius 1 is 1.14 bits per heavy atom. The van der Waals surface area contributed by atoms with E-state index in [-0.39, 0.29) is 5.82 Å². The van der Waals surface area contributed by atoms with Gasteiger partial charge in [-0.15, -0.1) is 0 Å². The maximum atomic E-state index is 13.1. The van der Waals surface area contributed by atoms with Gasteiger partial charge >= 0.3 is 0 Å². The molecule has 1 heterocycles. The van der Waals surface area contributed by atoms with Crippen LogP contribution in [0.3, 0.4) is 0 Å². The lowest BCUT2D eigenvalue weighted by atomic mass is 10.1. The molecule has 0 aromatic heterocycles. The molecule has 1 aliphatic rings. The first kappa shape index (κ1) is 21.3. The van der Waals surface area contributed by atoms with Gasteiger partial charge in [-0.25, -0.2) is 4.39 Å². The van der Waals surface area contributed by atoms with E-state index in [2.05, 4.69) is 34.6 Å². The monoisotopic (exact) mass is 399 g/mol. The van der Waals surface area contributed by atoms with E-state index in [0.717, 1.165) is 37.6 Å². The number of hydrogen-bond acceptors (Lipinski definition) is 3. The molecule has 2 aromatic rings. The summed E-state index contributed by atoms with van der Waals surface area (Å²) >= 11 is 0. The molecule has 5 nitrogen and oxygen atoms in total. The Morgan fingerprint density at radius 2 is 1.86 bits per heavy atom. The number of ether oxygens (including phenoxy) is 2. The summed E-state index contributed by atoms with van der Waals surface area (Å²) in [6, 6.07) is 15.0. The minimum absolute atomic E-state index is 0.223. The zero-order chi connectivity index (χ0) is 20.5. The number of hydrogen-bond donors (Lipinski definition) is 1. The van der Waals surface area contributed by atoms with Gasteiger partial charge in [0.1, 0.15) is 5.82 Å². The van der Waals surface area contributed by atoms with Gasteiger partial charge in [0.25, 0.3) is 0 Å². The molecule has 0 spiro atoms. The maximum Gasteiger partial charge on any atom is 0.193 e. The van der Waals surface area contributed by atoms with Crippen molar-refractivity contribution in [2.24, 2.45) is 4.99 Å². The second-order valence-electron chi connectivity index (χ2n) is 7.33. The Morgan fingerprint density at radius 3 is 2.59 bits per heavy atom. The zero-order valence-corrected chi connectivity index (χ0v) is 17.2. The molecule has 0 bridgehead atoms. The largest absolute Gasteiger partial charge is 0.381 e. The van der Waals surface area contributed by atoms with Crippen molar-refractivity contribution in [2.75, 3.05) is 27.3 Å². The summed E-state index contributed by atoms with van der Waals surface area (Å²) in [6.45, 7) is 3.53. The molecule has 1 aliphatic heterocycles. The van der Waals surface area contributed by atoms with Crippen LogP contribution in [0.15, 0.2) is 53.5 Å². The van der Waals surface area contributed by atoms with Crippen LogP contribution in [0.5, 0.6) is 0 Å². The Bertz CT molecular complexity index is 789. The van der Waals surface area contributed by atoms with Crippen molar-refractivity contribution in [3.8, 4) is 0 Å². The Kier molecular flexibility index (Phi) is 8.02. The predicted octanol–water partition coefficient (Wildman–Crippen LogP) is 3.73. The van der Waals surface area contributed by atoms with Crippen LogP contribution in [0.1, 0.15) is 29.5 Å². The minimum atomic E-state index is -0.223. The summed E-state index contributed by atoms with van der Waals surface area (Å²) in [7, 11) is 3.73. The molecule has 0 aliphatic carbocycles. The van der Waals surface area contributed by atoms with Crippen molar-refractivity contribution >= 4 is 5.96 Å². The highest BCUT2D eigenvalue weighted by Gasteiger charge is 2.14. The topological polar surface area (TPSA) is 46.1 Å². The predicted molar refractivity (Wildman–Crippen MR) is 113 cm³/mol. The SMILES string of the molecule is CN=C(NCc1cccc(COC2CCOCC2)c1)N(C)Cc1ccc(F)cc1. The van der Waals surface area contributed by atoms with Crippen LogP contribution in [0.4, 0.5) is 4.39 Å². The number of nitrogens with one attached hydrogen (secondary N) is 1. The van der Waals surface area contributed by atoms with Crippen molar-refractivity contribution in [3.63, 3.8) is 0 Å². The van der Waals surface area contributed by atoms with E-state index >= 15 is 0 Å². The molecule has 1 N–H and O–H groups in total. The van der Waals surface area contributed by atoms with Gasteiger partial charge in [-0.1, -0.05) is 36.4 Å². The third kappa shape index (κ3) is 6.84. The van der Waals surface area contributed by atoms with Gasteiger partial charge in [0.15, 0.2) is 5.96 Å². The van der Waals surface area contributed by atoms with Crippen molar-refractivity contribution in [2.45, 2.75) is 38.6 Å². The molecule has 1 saturated heterocycles. The fourth-order valence-electron chi connectivity index (χ4n) is 3.39. The Balaban J connectivity index is 1.50. The lowest BCUT2D eigenvalue weighted by Crippen LogP contribution is -2.38. The van der Waals surface area contributed by atoms with Gasteiger partial charge < -0.3 is 19.7 Å². The van der Waals surface area contributed by atoms with Crippen LogP contribution in [-0.4, -0.2) is 44.3 Å². The summed E-state index contributed by atoms with van der Waals surface area (Å²) in [5.74, 6) is 0.567. The molecule has 0 radical (unpaired) electrons. The molecule has 29 heavy (non-hydrogen) atoms. The number of aliphatic imine (C=N–C) groups is 1. The molecule has 156 valence electrons. The van der Waals surface area contributed by atoms with Crippen LogP contribution in [0.2, 0.25) is 0 Å². The average Bonchev–Trinajstić information content (AvgIpc) is 2.75. The summed E-state index contributed by atoms with van der Waals surface area (Å²) in [6.07, 6.45) is 2.24. The molecule has 0 saturated carbocycles. The van der Waals surface area contributed by atoms with E-state index < -0.39 is 0 Å². The summed E-state index contributed by atoms with van der Waals surface area (Å²) in [5.41, 5.74) is 3.38. The van der Waals surface area contributed by atoms with Crippen LogP contribution < -0.4 is 5.32 Å². The highest BCUT2D eigenvalue weighted by atomic mass is 19.1. The molecule has 1 fully saturated rings. The van der Waals surface area contributed by atoms with Gasteiger partial charge in [-0.05, 0) is 41.7 Å². The normalized spacial score (nSPS) is 15.3. The minimum Gasteiger partial charge on any atom is -0.381 e. The van der Waals surface area contributed by atoms with E-state index in [9.17, 15) is 4.39 Å². The zero-order valence-electron chi connectivity index (χ0n) is 17.2. The van der Waals surface area contributed by atoms with Gasteiger partial charge in [0, 0.05) is 40.4 Å². The molecule has 0 unspecified atom stereocenters. The number of nitrogens with zero attached hydrogens (tertiary/aromatic N) is 2. The van der Waals surface area contributed by atoms with Crippen LogP contribution in [0.25, 0.3) is 0 Å². The van der Waals surface area contributed by atoms with Crippen LogP contribution in [0, 0.1) is 5.82 Å². The lowest BCUT2D eigenvalue weighted by molar-refractivity contribution is -0.0390. The number of benzene rings is 2. The average molecular weight is 400 g/mol. The van der Waals surface area contributed by atoms with Crippen molar-refractivity contribution in [1.29, 1.82) is 0 Å². The fraction of sp³-hybridized carbons (Fsp3) is 0.435. The van der Waals surface area contributed by atoms with Crippen LogP contribution in [-0.2, 0) is 29.2 Å². The maximum absolute atomic E-state index is 13.1. The van der Waals surface area contributed by atoms with Crippen molar-refractivity contribution in [1.82, 2.24) is 10.2 Å². The quantitative estimate of drug-likeness (QED) is 0.569.